The molecule has 0 unspecified atom stereocenters. The monoisotopic (exact) mass is 631 g/mol. The maximum Gasteiger partial charge on any atom is 0.254 e. The molecule has 1 amide bonds. The summed E-state index contributed by atoms with van der Waals surface area (Å²) < 4.78 is 39.4. The zero-order chi connectivity index (χ0) is 31.7. The molecule has 0 bridgehead atoms. The molecular formula is C33H37N5O6S. The number of benzene rings is 3. The maximum absolute atomic E-state index is 14.7. The Kier molecular flexibility index (Phi) is 10.4. The van der Waals surface area contributed by atoms with E-state index in [1.807, 2.05) is 18.2 Å². The van der Waals surface area contributed by atoms with Crippen molar-refractivity contribution in [3.63, 3.8) is 0 Å². The van der Waals surface area contributed by atoms with Crippen LogP contribution in [0.25, 0.3) is 10.4 Å². The molecule has 2 aliphatic rings. The standard InChI is InChI=1S/C33H37N5O6S/c34-37-35-24-26-10-5-6-13-29(26)30-33(32(40)38-19-7-2-8-20-38,18-23-45(41,42)28-11-3-1-4-12-28)36-31(44-30)25-14-16-27(17-15-25)43-22-9-21-39/h1,3-6,10-17,30,39H,2,7-9,18-24H2/t30-,33-/m1/s1. The van der Waals surface area contributed by atoms with Crippen LogP contribution in [0.5, 0.6) is 5.75 Å². The van der Waals surface area contributed by atoms with Gasteiger partial charge < -0.3 is 19.5 Å². The molecular weight excluding hydrogens is 594 g/mol. The summed E-state index contributed by atoms with van der Waals surface area (Å²) in [6.45, 7) is 1.50. The number of carbonyl (C=O) groups excluding carboxylic acids is 1. The van der Waals surface area contributed by atoms with Crippen LogP contribution in [0.15, 0.2) is 93.9 Å². The summed E-state index contributed by atoms with van der Waals surface area (Å²) in [7, 11) is -3.78. The van der Waals surface area contributed by atoms with Gasteiger partial charge in [0.1, 0.15) is 5.75 Å². The molecule has 3 aromatic carbocycles. The highest BCUT2D eigenvalue weighted by molar-refractivity contribution is 7.91. The minimum absolute atomic E-state index is 0.0258. The van der Waals surface area contributed by atoms with Crippen LogP contribution in [0.4, 0.5) is 0 Å². The van der Waals surface area contributed by atoms with Gasteiger partial charge in [0.2, 0.25) is 5.90 Å². The van der Waals surface area contributed by atoms with Crippen molar-refractivity contribution in [1.29, 1.82) is 0 Å². The van der Waals surface area contributed by atoms with E-state index in [2.05, 4.69) is 10.0 Å². The average Bonchev–Trinajstić information content (AvgIpc) is 3.48. The molecule has 2 atom stereocenters. The van der Waals surface area contributed by atoms with E-state index in [1.165, 1.54) is 0 Å². The van der Waals surface area contributed by atoms with E-state index in [0.29, 0.717) is 48.6 Å². The van der Waals surface area contributed by atoms with Gasteiger partial charge >= 0.3 is 0 Å². The van der Waals surface area contributed by atoms with E-state index in [-0.39, 0.29) is 42.0 Å². The predicted octanol–water partition coefficient (Wildman–Crippen LogP) is 5.39. The van der Waals surface area contributed by atoms with Crippen LogP contribution in [-0.4, -0.2) is 67.8 Å². The molecule has 0 saturated carbocycles. The third kappa shape index (κ3) is 7.30. The highest BCUT2D eigenvalue weighted by atomic mass is 32.2. The number of rotatable bonds is 13. The van der Waals surface area contributed by atoms with Crippen molar-refractivity contribution in [3.05, 3.63) is 106 Å². The molecule has 236 valence electrons. The Labute approximate surface area is 263 Å². The van der Waals surface area contributed by atoms with E-state index in [9.17, 15) is 13.2 Å². The molecule has 0 aliphatic carbocycles. The zero-order valence-electron chi connectivity index (χ0n) is 25.0. The second kappa shape index (κ2) is 14.6. The molecule has 11 nitrogen and oxygen atoms in total. The van der Waals surface area contributed by atoms with Gasteiger partial charge in [-0.2, -0.15) is 0 Å². The Morgan fingerprint density at radius 1 is 1.04 bits per heavy atom. The van der Waals surface area contributed by atoms with Crippen LogP contribution in [-0.2, 0) is 25.9 Å². The molecule has 0 radical (unpaired) electrons. The Morgan fingerprint density at radius 2 is 1.76 bits per heavy atom. The molecule has 5 rings (SSSR count). The molecule has 2 heterocycles. The number of carbonyl (C=O) groups is 1. The second-order valence-electron chi connectivity index (χ2n) is 11.1. The number of hydrogen-bond donors (Lipinski definition) is 1. The number of azide groups is 1. The maximum atomic E-state index is 14.7. The molecule has 0 aromatic heterocycles. The van der Waals surface area contributed by atoms with Crippen LogP contribution < -0.4 is 4.74 Å². The number of likely N-dealkylation sites (tertiary alicyclic amines) is 1. The van der Waals surface area contributed by atoms with E-state index >= 15 is 0 Å². The molecule has 2 aliphatic heterocycles. The fourth-order valence-corrected chi connectivity index (χ4v) is 7.17. The van der Waals surface area contributed by atoms with E-state index < -0.39 is 21.5 Å². The quantitative estimate of drug-likeness (QED) is 0.115. The lowest BCUT2D eigenvalue weighted by Crippen LogP contribution is -2.52. The van der Waals surface area contributed by atoms with E-state index in [1.54, 1.807) is 65.6 Å². The molecule has 45 heavy (non-hydrogen) atoms. The van der Waals surface area contributed by atoms with Gasteiger partial charge in [-0.25, -0.2) is 13.4 Å². The summed E-state index contributed by atoms with van der Waals surface area (Å²) in [5, 5.41) is 12.8. The third-order valence-electron chi connectivity index (χ3n) is 8.15. The fourth-order valence-electron chi connectivity index (χ4n) is 5.78. The highest BCUT2D eigenvalue weighted by Gasteiger charge is 2.55. The first-order valence-corrected chi connectivity index (χ1v) is 16.8. The van der Waals surface area contributed by atoms with Crippen molar-refractivity contribution in [3.8, 4) is 5.75 Å². The van der Waals surface area contributed by atoms with Gasteiger partial charge in [0, 0.05) is 43.0 Å². The molecule has 12 heteroatoms. The summed E-state index contributed by atoms with van der Waals surface area (Å²) in [4.78, 5) is 24.6. The predicted molar refractivity (Wildman–Crippen MR) is 170 cm³/mol. The van der Waals surface area contributed by atoms with Crippen molar-refractivity contribution in [2.75, 3.05) is 32.1 Å². The topological polar surface area (TPSA) is 154 Å². The van der Waals surface area contributed by atoms with Crippen LogP contribution in [0.1, 0.15) is 54.9 Å². The summed E-state index contributed by atoms with van der Waals surface area (Å²) in [6, 6.07) is 22.5. The minimum Gasteiger partial charge on any atom is -0.494 e. The normalized spacial score (nSPS) is 19.7. The number of hydrogen-bond acceptors (Lipinski definition) is 8. The molecule has 1 N–H and O–H groups in total. The summed E-state index contributed by atoms with van der Waals surface area (Å²) in [6.07, 6.45) is 2.11. The van der Waals surface area contributed by atoms with Gasteiger partial charge in [0.25, 0.3) is 5.91 Å². The van der Waals surface area contributed by atoms with Gasteiger partial charge in [0.05, 0.1) is 23.8 Å². The number of piperidine rings is 1. The lowest BCUT2D eigenvalue weighted by atomic mass is 9.82. The average molecular weight is 632 g/mol. The summed E-state index contributed by atoms with van der Waals surface area (Å²) in [5.41, 5.74) is 9.33. The minimum atomic E-state index is -3.78. The summed E-state index contributed by atoms with van der Waals surface area (Å²) in [5.74, 6) is 0.200. The van der Waals surface area contributed by atoms with Crippen LogP contribution in [0.3, 0.4) is 0 Å². The number of nitrogens with zero attached hydrogens (tertiary/aromatic N) is 5. The van der Waals surface area contributed by atoms with Crippen LogP contribution >= 0.6 is 0 Å². The number of ether oxygens (including phenoxy) is 2. The van der Waals surface area contributed by atoms with Crippen molar-refractivity contribution in [2.45, 2.75) is 55.2 Å². The van der Waals surface area contributed by atoms with Gasteiger partial charge in [-0.15, -0.1) is 0 Å². The number of aliphatic imine (C=N–C) groups is 1. The first-order valence-electron chi connectivity index (χ1n) is 15.1. The van der Waals surface area contributed by atoms with Gasteiger partial charge in [-0.1, -0.05) is 47.6 Å². The highest BCUT2D eigenvalue weighted by Crippen LogP contribution is 2.45. The van der Waals surface area contributed by atoms with Crippen molar-refractivity contribution in [2.24, 2.45) is 10.1 Å². The number of amides is 1. The molecule has 1 saturated heterocycles. The number of aliphatic hydroxyl groups excluding tert-OH is 1. The largest absolute Gasteiger partial charge is 0.494 e. The second-order valence-corrected chi connectivity index (χ2v) is 13.2. The van der Waals surface area contributed by atoms with Crippen molar-refractivity contribution >= 4 is 21.6 Å². The smallest absolute Gasteiger partial charge is 0.254 e. The van der Waals surface area contributed by atoms with Gasteiger partial charge in [-0.05, 0) is 72.3 Å². The molecule has 0 spiro atoms. The SMILES string of the molecule is [N-]=[N+]=NCc1ccccc1[C@H]1OC(c2ccc(OCCCO)cc2)=N[C@@]1(CCS(=O)(=O)c1ccccc1)C(=O)N1CCCCC1. The van der Waals surface area contributed by atoms with E-state index in [0.717, 1.165) is 19.3 Å². The lowest BCUT2D eigenvalue weighted by Gasteiger charge is -2.37. The Bertz CT molecular complexity index is 1650. The number of aliphatic hydroxyl groups is 1. The molecule has 1 fully saturated rings. The fraction of sp³-hybridized carbons (Fsp3) is 0.394. The zero-order valence-corrected chi connectivity index (χ0v) is 25.8. The van der Waals surface area contributed by atoms with Gasteiger partial charge in [-0.3, -0.25) is 4.79 Å². The van der Waals surface area contributed by atoms with Crippen molar-refractivity contribution < 1.29 is 27.8 Å². The van der Waals surface area contributed by atoms with E-state index in [4.69, 9.17) is 25.1 Å². The Balaban J connectivity index is 1.61. The molecule has 3 aromatic rings. The first kappa shape index (κ1) is 32.0. The van der Waals surface area contributed by atoms with Gasteiger partial charge in [0.15, 0.2) is 21.5 Å². The lowest BCUT2D eigenvalue weighted by molar-refractivity contribution is -0.140. The van der Waals surface area contributed by atoms with Crippen LogP contribution in [0, 0.1) is 0 Å². The third-order valence-corrected chi connectivity index (χ3v) is 9.88. The number of sulfone groups is 1. The Hall–Kier alpha value is -4.38. The Morgan fingerprint density at radius 3 is 2.47 bits per heavy atom. The summed E-state index contributed by atoms with van der Waals surface area (Å²) >= 11 is 0. The van der Waals surface area contributed by atoms with Crippen molar-refractivity contribution in [1.82, 2.24) is 4.90 Å². The first-order chi connectivity index (χ1) is 21.9. The van der Waals surface area contributed by atoms with Crippen LogP contribution in [0.2, 0.25) is 0 Å².